The third-order valence-corrected chi connectivity index (χ3v) is 1.92. The third kappa shape index (κ3) is 3.26. The second-order valence-electron chi connectivity index (χ2n) is 3.18. The molecule has 0 aliphatic rings. The highest BCUT2D eigenvalue weighted by atomic mass is 35.5. The van der Waals surface area contributed by atoms with Crippen molar-refractivity contribution in [2.45, 2.75) is 19.4 Å². The van der Waals surface area contributed by atoms with E-state index in [1.807, 2.05) is 13.0 Å². The number of nitrogen functional groups attached to an aromatic ring is 1. The molecule has 0 spiro atoms. The van der Waals surface area contributed by atoms with Gasteiger partial charge in [-0.2, -0.15) is 0 Å². The number of anilines is 2. The largest absolute Gasteiger partial charge is 0.399 e. The minimum atomic E-state index is 0.276. The zero-order chi connectivity index (χ0) is 10.6. The van der Waals surface area contributed by atoms with Gasteiger partial charge >= 0.3 is 0 Å². The number of halogens is 1. The van der Waals surface area contributed by atoms with Crippen molar-refractivity contribution in [3.63, 3.8) is 0 Å². The van der Waals surface area contributed by atoms with E-state index < -0.39 is 0 Å². The summed E-state index contributed by atoms with van der Waals surface area (Å²) in [6, 6.07) is 3.65. The van der Waals surface area contributed by atoms with E-state index in [1.54, 1.807) is 12.1 Å². The predicted octanol–water partition coefficient (Wildman–Crippen LogP) is 2.69. The second-order valence-corrected chi connectivity index (χ2v) is 3.57. The number of nitrogens with two attached hydrogens (primary N) is 1. The topological polar surface area (TPSA) is 50.9 Å². The molecule has 0 amide bonds. The molecule has 3 N–H and O–H groups in total. The van der Waals surface area contributed by atoms with Crippen molar-refractivity contribution in [1.29, 1.82) is 0 Å². The Labute approximate surface area is 89.0 Å². The Bertz CT molecular complexity index is 305. The molecule has 1 heterocycles. The molecular formula is C10H14ClN3. The summed E-state index contributed by atoms with van der Waals surface area (Å²) in [6.45, 7) is 5.71. The average molecular weight is 212 g/mol. The minimum absolute atomic E-state index is 0.276. The van der Waals surface area contributed by atoms with Gasteiger partial charge in [0.05, 0.1) is 0 Å². The number of aromatic nitrogens is 1. The van der Waals surface area contributed by atoms with Gasteiger partial charge in [0.15, 0.2) is 0 Å². The molecule has 0 radical (unpaired) electrons. The summed E-state index contributed by atoms with van der Waals surface area (Å²) in [5.41, 5.74) is 6.23. The minimum Gasteiger partial charge on any atom is -0.399 e. The van der Waals surface area contributed by atoms with Crippen molar-refractivity contribution < 1.29 is 0 Å². The van der Waals surface area contributed by atoms with Crippen LogP contribution in [0.3, 0.4) is 0 Å². The zero-order valence-corrected chi connectivity index (χ0v) is 8.88. The summed E-state index contributed by atoms with van der Waals surface area (Å²) in [5.74, 6) is 0.698. The number of nitrogens with zero attached hydrogens (tertiary/aromatic N) is 1. The van der Waals surface area contributed by atoms with Crippen LogP contribution in [0.4, 0.5) is 11.5 Å². The van der Waals surface area contributed by atoms with Crippen molar-refractivity contribution in [2.24, 2.45) is 0 Å². The fourth-order valence-electron chi connectivity index (χ4n) is 1.15. The SMILES string of the molecule is C=CCC(C)Nc1cc(N)cc(Cl)n1. The Morgan fingerprint density at radius 1 is 1.71 bits per heavy atom. The van der Waals surface area contributed by atoms with Gasteiger partial charge in [-0.1, -0.05) is 17.7 Å². The summed E-state index contributed by atoms with van der Waals surface area (Å²) in [6.07, 6.45) is 2.72. The molecule has 0 aliphatic carbocycles. The molecule has 1 atom stereocenters. The van der Waals surface area contributed by atoms with E-state index in [2.05, 4.69) is 16.9 Å². The standard InChI is InChI=1S/C10H14ClN3/c1-3-4-7(2)13-10-6-8(12)5-9(11)14-10/h3,5-7H,1,4H2,2H3,(H3,12,13,14). The molecule has 76 valence electrons. The maximum Gasteiger partial charge on any atom is 0.133 e. The van der Waals surface area contributed by atoms with Gasteiger partial charge in [-0.05, 0) is 19.4 Å². The van der Waals surface area contributed by atoms with E-state index in [-0.39, 0.29) is 6.04 Å². The first-order valence-electron chi connectivity index (χ1n) is 4.42. The number of rotatable bonds is 4. The summed E-state index contributed by atoms with van der Waals surface area (Å²) in [7, 11) is 0. The van der Waals surface area contributed by atoms with Crippen LogP contribution >= 0.6 is 11.6 Å². The van der Waals surface area contributed by atoms with Crippen LogP contribution in [0.15, 0.2) is 24.8 Å². The van der Waals surface area contributed by atoms with Crippen molar-refractivity contribution in [3.8, 4) is 0 Å². The second kappa shape index (κ2) is 4.86. The van der Waals surface area contributed by atoms with Crippen LogP contribution in [-0.4, -0.2) is 11.0 Å². The van der Waals surface area contributed by atoms with Crippen LogP contribution in [-0.2, 0) is 0 Å². The van der Waals surface area contributed by atoms with Gasteiger partial charge in [-0.25, -0.2) is 4.98 Å². The average Bonchev–Trinajstić information content (AvgIpc) is 2.01. The summed E-state index contributed by atoms with van der Waals surface area (Å²) in [4.78, 5) is 4.10. The molecule has 0 aliphatic heterocycles. The first-order valence-corrected chi connectivity index (χ1v) is 4.80. The lowest BCUT2D eigenvalue weighted by molar-refractivity contribution is 0.808. The lowest BCUT2D eigenvalue weighted by Crippen LogP contribution is -2.15. The van der Waals surface area contributed by atoms with Crippen LogP contribution in [0, 0.1) is 0 Å². The Kier molecular flexibility index (Phi) is 3.77. The maximum atomic E-state index is 5.76. The van der Waals surface area contributed by atoms with E-state index in [9.17, 15) is 0 Å². The number of nitrogens with one attached hydrogen (secondary N) is 1. The molecule has 1 unspecified atom stereocenters. The van der Waals surface area contributed by atoms with Crippen LogP contribution in [0.25, 0.3) is 0 Å². The molecule has 1 aromatic rings. The van der Waals surface area contributed by atoms with Crippen LogP contribution in [0.1, 0.15) is 13.3 Å². The molecular weight excluding hydrogens is 198 g/mol. The molecule has 3 nitrogen and oxygen atoms in total. The highest BCUT2D eigenvalue weighted by Gasteiger charge is 2.02. The summed E-state index contributed by atoms with van der Waals surface area (Å²) < 4.78 is 0. The van der Waals surface area contributed by atoms with Gasteiger partial charge in [0.1, 0.15) is 11.0 Å². The predicted molar refractivity (Wildman–Crippen MR) is 61.6 cm³/mol. The van der Waals surface area contributed by atoms with Crippen LogP contribution in [0.2, 0.25) is 5.15 Å². The monoisotopic (exact) mass is 211 g/mol. The van der Waals surface area contributed by atoms with E-state index in [1.165, 1.54) is 0 Å². The Balaban J connectivity index is 2.71. The molecule has 4 heteroatoms. The smallest absolute Gasteiger partial charge is 0.133 e. The quantitative estimate of drug-likeness (QED) is 0.595. The van der Waals surface area contributed by atoms with Crippen molar-refractivity contribution in [3.05, 3.63) is 29.9 Å². The maximum absolute atomic E-state index is 5.76. The molecule has 1 rings (SSSR count). The van der Waals surface area contributed by atoms with Gasteiger partial charge in [-0.3, -0.25) is 0 Å². The van der Waals surface area contributed by atoms with Crippen molar-refractivity contribution >= 4 is 23.1 Å². The molecule has 0 saturated carbocycles. The fraction of sp³-hybridized carbons (Fsp3) is 0.300. The molecule has 0 saturated heterocycles. The van der Waals surface area contributed by atoms with E-state index in [0.29, 0.717) is 16.7 Å². The summed E-state index contributed by atoms with van der Waals surface area (Å²) >= 11 is 5.76. The lowest BCUT2D eigenvalue weighted by atomic mass is 10.2. The third-order valence-electron chi connectivity index (χ3n) is 1.73. The summed E-state index contributed by atoms with van der Waals surface area (Å²) in [5, 5.41) is 3.58. The van der Waals surface area contributed by atoms with Crippen LogP contribution in [0.5, 0.6) is 0 Å². The Hall–Kier alpha value is -1.22. The van der Waals surface area contributed by atoms with Crippen molar-refractivity contribution in [1.82, 2.24) is 4.98 Å². The highest BCUT2D eigenvalue weighted by molar-refractivity contribution is 6.29. The van der Waals surface area contributed by atoms with E-state index in [0.717, 1.165) is 6.42 Å². The van der Waals surface area contributed by atoms with Gasteiger partial charge in [0.25, 0.3) is 0 Å². The highest BCUT2D eigenvalue weighted by Crippen LogP contribution is 2.16. The van der Waals surface area contributed by atoms with E-state index in [4.69, 9.17) is 17.3 Å². The van der Waals surface area contributed by atoms with Gasteiger partial charge in [-0.15, -0.1) is 6.58 Å². The number of pyridine rings is 1. The molecule has 14 heavy (non-hydrogen) atoms. The van der Waals surface area contributed by atoms with Gasteiger partial charge in [0, 0.05) is 17.8 Å². The molecule has 1 aromatic heterocycles. The first-order chi connectivity index (χ1) is 6.61. The Morgan fingerprint density at radius 3 is 3.00 bits per heavy atom. The number of hydrogen-bond acceptors (Lipinski definition) is 3. The Morgan fingerprint density at radius 2 is 2.43 bits per heavy atom. The van der Waals surface area contributed by atoms with Gasteiger partial charge in [0.2, 0.25) is 0 Å². The van der Waals surface area contributed by atoms with Crippen LogP contribution < -0.4 is 11.1 Å². The van der Waals surface area contributed by atoms with Crippen molar-refractivity contribution in [2.75, 3.05) is 11.1 Å². The molecule has 0 fully saturated rings. The molecule has 0 bridgehead atoms. The first kappa shape index (κ1) is 10.9. The van der Waals surface area contributed by atoms with E-state index >= 15 is 0 Å². The lowest BCUT2D eigenvalue weighted by Gasteiger charge is -2.12. The normalized spacial score (nSPS) is 12.1. The number of hydrogen-bond donors (Lipinski definition) is 2. The fourth-order valence-corrected chi connectivity index (χ4v) is 1.37. The van der Waals surface area contributed by atoms with Gasteiger partial charge < -0.3 is 11.1 Å². The molecule has 0 aromatic carbocycles. The zero-order valence-electron chi connectivity index (χ0n) is 8.13.